The van der Waals surface area contributed by atoms with E-state index in [2.05, 4.69) is 4.98 Å². The van der Waals surface area contributed by atoms with E-state index in [1.54, 1.807) is 24.3 Å². The average Bonchev–Trinajstić information content (AvgIpc) is 2.71. The zero-order valence-electron chi connectivity index (χ0n) is 9.70. The number of nitrogens with two attached hydrogens (primary N) is 1. The number of rotatable bonds is 2. The van der Waals surface area contributed by atoms with Crippen molar-refractivity contribution >= 4 is 0 Å². The molecule has 0 fully saturated rings. The lowest BCUT2D eigenvalue weighted by atomic mass is 10.1. The standard InChI is InChI=1S/C12H12F3N3/c1-18-10(12(13,14)15)7-17-11(18)9-4-2-8(6-16)3-5-9/h2-5,7H,6,16H2,1H3. The maximum absolute atomic E-state index is 12.6. The first-order valence-electron chi connectivity index (χ1n) is 5.32. The summed E-state index contributed by atoms with van der Waals surface area (Å²) in [5.41, 5.74) is 6.25. The Morgan fingerprint density at radius 2 is 1.83 bits per heavy atom. The van der Waals surface area contributed by atoms with Crippen LogP contribution in [-0.2, 0) is 19.8 Å². The van der Waals surface area contributed by atoms with Crippen LogP contribution in [0.1, 0.15) is 11.3 Å². The van der Waals surface area contributed by atoms with Crippen molar-refractivity contribution < 1.29 is 13.2 Å². The number of hydrogen-bond acceptors (Lipinski definition) is 2. The van der Waals surface area contributed by atoms with E-state index in [4.69, 9.17) is 5.73 Å². The Labute approximate surface area is 102 Å². The minimum Gasteiger partial charge on any atom is -0.326 e. The van der Waals surface area contributed by atoms with E-state index in [9.17, 15) is 13.2 Å². The molecule has 0 atom stereocenters. The van der Waals surface area contributed by atoms with E-state index in [-0.39, 0.29) is 5.82 Å². The number of halogens is 3. The first-order valence-corrected chi connectivity index (χ1v) is 5.32. The van der Waals surface area contributed by atoms with Gasteiger partial charge >= 0.3 is 6.18 Å². The van der Waals surface area contributed by atoms with E-state index in [0.717, 1.165) is 16.3 Å². The lowest BCUT2D eigenvalue weighted by molar-refractivity contribution is -0.143. The van der Waals surface area contributed by atoms with Gasteiger partial charge in [-0.3, -0.25) is 0 Å². The van der Waals surface area contributed by atoms with Crippen LogP contribution in [0, 0.1) is 0 Å². The van der Waals surface area contributed by atoms with Gasteiger partial charge in [0.05, 0.1) is 6.20 Å². The highest BCUT2D eigenvalue weighted by atomic mass is 19.4. The number of hydrogen-bond donors (Lipinski definition) is 1. The quantitative estimate of drug-likeness (QED) is 0.896. The van der Waals surface area contributed by atoms with Gasteiger partial charge in [0.2, 0.25) is 0 Å². The van der Waals surface area contributed by atoms with E-state index in [1.165, 1.54) is 7.05 Å². The van der Waals surface area contributed by atoms with Gasteiger partial charge in [-0.05, 0) is 5.56 Å². The number of aromatic nitrogens is 2. The predicted octanol–water partition coefficient (Wildman–Crippen LogP) is 2.56. The molecule has 0 aliphatic heterocycles. The van der Waals surface area contributed by atoms with Crippen molar-refractivity contribution in [3.8, 4) is 11.4 Å². The first kappa shape index (κ1) is 12.6. The number of nitrogens with zero attached hydrogens (tertiary/aromatic N) is 2. The molecule has 2 rings (SSSR count). The molecular formula is C12H12F3N3. The first-order chi connectivity index (χ1) is 8.43. The van der Waals surface area contributed by atoms with Crippen LogP contribution in [-0.4, -0.2) is 9.55 Å². The van der Waals surface area contributed by atoms with Crippen molar-refractivity contribution in [1.82, 2.24) is 9.55 Å². The molecule has 96 valence electrons. The summed E-state index contributed by atoms with van der Waals surface area (Å²) >= 11 is 0. The maximum atomic E-state index is 12.6. The molecule has 6 heteroatoms. The fraction of sp³-hybridized carbons (Fsp3) is 0.250. The van der Waals surface area contributed by atoms with Gasteiger partial charge in [-0.25, -0.2) is 4.98 Å². The molecule has 0 amide bonds. The summed E-state index contributed by atoms with van der Waals surface area (Å²) < 4.78 is 38.9. The minimum absolute atomic E-state index is 0.283. The molecule has 0 bridgehead atoms. The van der Waals surface area contributed by atoms with Crippen LogP contribution in [0.25, 0.3) is 11.4 Å². The topological polar surface area (TPSA) is 43.8 Å². The second-order valence-corrected chi connectivity index (χ2v) is 3.92. The Morgan fingerprint density at radius 3 is 2.28 bits per heavy atom. The summed E-state index contributed by atoms with van der Waals surface area (Å²) in [5, 5.41) is 0. The van der Waals surface area contributed by atoms with Gasteiger partial charge in [0.1, 0.15) is 11.5 Å². The number of benzene rings is 1. The molecular weight excluding hydrogens is 243 g/mol. The second kappa shape index (κ2) is 4.45. The molecule has 18 heavy (non-hydrogen) atoms. The Kier molecular flexibility index (Phi) is 3.13. The summed E-state index contributed by atoms with van der Waals surface area (Å²) in [6.45, 7) is 0.397. The van der Waals surface area contributed by atoms with Gasteiger partial charge in [0.25, 0.3) is 0 Å². The second-order valence-electron chi connectivity index (χ2n) is 3.92. The molecule has 1 aromatic heterocycles. The SMILES string of the molecule is Cn1c(C(F)(F)F)cnc1-c1ccc(CN)cc1. The van der Waals surface area contributed by atoms with Gasteiger partial charge in [0.15, 0.2) is 0 Å². The lowest BCUT2D eigenvalue weighted by Crippen LogP contribution is -2.11. The van der Waals surface area contributed by atoms with Gasteiger partial charge in [-0.2, -0.15) is 13.2 Å². The molecule has 1 aromatic carbocycles. The average molecular weight is 255 g/mol. The highest BCUT2D eigenvalue weighted by molar-refractivity contribution is 5.56. The van der Waals surface area contributed by atoms with Gasteiger partial charge in [-0.1, -0.05) is 24.3 Å². The molecule has 0 saturated heterocycles. The van der Waals surface area contributed by atoms with Gasteiger partial charge in [0, 0.05) is 19.2 Å². The zero-order valence-corrected chi connectivity index (χ0v) is 9.70. The van der Waals surface area contributed by atoms with Crippen LogP contribution < -0.4 is 5.73 Å². The highest BCUT2D eigenvalue weighted by Gasteiger charge is 2.35. The molecule has 0 aliphatic carbocycles. The smallest absolute Gasteiger partial charge is 0.326 e. The van der Waals surface area contributed by atoms with Crippen molar-refractivity contribution in [1.29, 1.82) is 0 Å². The van der Waals surface area contributed by atoms with E-state index >= 15 is 0 Å². The van der Waals surface area contributed by atoms with Gasteiger partial charge in [-0.15, -0.1) is 0 Å². The van der Waals surface area contributed by atoms with Crippen molar-refractivity contribution in [3.63, 3.8) is 0 Å². The summed E-state index contributed by atoms with van der Waals surface area (Å²) in [4.78, 5) is 3.82. The summed E-state index contributed by atoms with van der Waals surface area (Å²) in [6, 6.07) is 6.98. The maximum Gasteiger partial charge on any atom is 0.433 e. The van der Waals surface area contributed by atoms with Crippen molar-refractivity contribution in [3.05, 3.63) is 41.7 Å². The molecule has 0 unspecified atom stereocenters. The Morgan fingerprint density at radius 1 is 1.22 bits per heavy atom. The molecule has 0 aliphatic rings. The number of alkyl halides is 3. The third kappa shape index (κ3) is 2.24. The normalized spacial score (nSPS) is 11.8. The van der Waals surface area contributed by atoms with Crippen LogP contribution in [0.4, 0.5) is 13.2 Å². The summed E-state index contributed by atoms with van der Waals surface area (Å²) in [6.07, 6.45) is -3.55. The van der Waals surface area contributed by atoms with Gasteiger partial charge < -0.3 is 10.3 Å². The fourth-order valence-corrected chi connectivity index (χ4v) is 1.73. The van der Waals surface area contributed by atoms with Crippen molar-refractivity contribution in [2.45, 2.75) is 12.7 Å². The van der Waals surface area contributed by atoms with Crippen LogP contribution in [0.3, 0.4) is 0 Å². The largest absolute Gasteiger partial charge is 0.433 e. The van der Waals surface area contributed by atoms with E-state index < -0.39 is 11.9 Å². The Bertz CT molecular complexity index is 541. The molecule has 0 saturated carbocycles. The molecule has 0 spiro atoms. The summed E-state index contributed by atoms with van der Waals surface area (Å²) in [7, 11) is 1.35. The third-order valence-corrected chi connectivity index (χ3v) is 2.73. The molecule has 2 aromatic rings. The third-order valence-electron chi connectivity index (χ3n) is 2.73. The lowest BCUT2D eigenvalue weighted by Gasteiger charge is -2.09. The minimum atomic E-state index is -4.39. The van der Waals surface area contributed by atoms with E-state index in [1.807, 2.05) is 0 Å². The van der Waals surface area contributed by atoms with Crippen LogP contribution in [0.15, 0.2) is 30.5 Å². The van der Waals surface area contributed by atoms with Crippen molar-refractivity contribution in [2.75, 3.05) is 0 Å². The predicted molar refractivity (Wildman–Crippen MR) is 61.5 cm³/mol. The van der Waals surface area contributed by atoms with Crippen LogP contribution >= 0.6 is 0 Å². The monoisotopic (exact) mass is 255 g/mol. The molecule has 0 radical (unpaired) electrons. The number of imidazole rings is 1. The highest BCUT2D eigenvalue weighted by Crippen LogP contribution is 2.31. The fourth-order valence-electron chi connectivity index (χ4n) is 1.73. The Hall–Kier alpha value is -1.82. The molecule has 1 heterocycles. The van der Waals surface area contributed by atoms with Crippen molar-refractivity contribution in [2.24, 2.45) is 12.8 Å². The van der Waals surface area contributed by atoms with Crippen LogP contribution in [0.5, 0.6) is 0 Å². The zero-order chi connectivity index (χ0) is 13.3. The summed E-state index contributed by atoms with van der Waals surface area (Å²) in [5.74, 6) is 0.283. The molecule has 2 N–H and O–H groups in total. The van der Waals surface area contributed by atoms with Crippen LogP contribution in [0.2, 0.25) is 0 Å². The van der Waals surface area contributed by atoms with E-state index in [0.29, 0.717) is 12.1 Å². The molecule has 3 nitrogen and oxygen atoms in total. The Balaban J connectivity index is 2.42.